The number of carbonyl (C=O) groups excluding carboxylic acids is 2. The summed E-state index contributed by atoms with van der Waals surface area (Å²) in [5.74, 6) is -3.35. The standard InChI is InChI=1S/C24H23Cl2NO7/c25-20-16(22(30)13-4-2-1-3-5-13)8-10-18(21(20)26)34-15-7-6-14(12-15)23(31)27-17(24(32)33)9-11-19(28)29/h1-5,8,10,14-15,17H,6-7,9,11-12H2,(H,27,31)(H,28,29)(H,32,33)/t14-,15+,17+/m1/s1. The number of benzene rings is 2. The fraction of sp³-hybridized carbons (Fsp3) is 0.333. The van der Waals surface area contributed by atoms with Gasteiger partial charge in [0.25, 0.3) is 0 Å². The molecule has 0 unspecified atom stereocenters. The molecule has 0 radical (unpaired) electrons. The second-order valence-electron chi connectivity index (χ2n) is 8.02. The molecule has 0 aliphatic heterocycles. The van der Waals surface area contributed by atoms with E-state index >= 15 is 0 Å². The van der Waals surface area contributed by atoms with Gasteiger partial charge in [-0.1, -0.05) is 53.5 Å². The number of halogens is 2. The van der Waals surface area contributed by atoms with E-state index in [9.17, 15) is 24.3 Å². The molecule has 3 N–H and O–H groups in total. The molecule has 2 aromatic carbocycles. The second-order valence-corrected chi connectivity index (χ2v) is 8.77. The number of ketones is 1. The molecule has 3 rings (SSSR count). The molecule has 1 aliphatic carbocycles. The van der Waals surface area contributed by atoms with Gasteiger partial charge < -0.3 is 20.3 Å². The highest BCUT2D eigenvalue weighted by Gasteiger charge is 2.34. The molecule has 0 spiro atoms. The number of nitrogens with one attached hydrogen (secondary N) is 1. The lowest BCUT2D eigenvalue weighted by Gasteiger charge is -2.18. The molecule has 2 aromatic rings. The summed E-state index contributed by atoms with van der Waals surface area (Å²) in [6.07, 6.45) is 0.403. The summed E-state index contributed by atoms with van der Waals surface area (Å²) in [7, 11) is 0. The highest BCUT2D eigenvalue weighted by Crippen LogP contribution is 2.38. The maximum Gasteiger partial charge on any atom is 0.326 e. The zero-order valence-electron chi connectivity index (χ0n) is 18.0. The average molecular weight is 508 g/mol. The minimum Gasteiger partial charge on any atom is -0.489 e. The highest BCUT2D eigenvalue weighted by molar-refractivity contribution is 6.45. The average Bonchev–Trinajstić information content (AvgIpc) is 3.28. The molecule has 1 aliphatic rings. The third-order valence-electron chi connectivity index (χ3n) is 5.64. The number of ether oxygens (including phenoxy) is 1. The molecule has 0 aromatic heterocycles. The van der Waals surface area contributed by atoms with Gasteiger partial charge in [0.1, 0.15) is 16.8 Å². The van der Waals surface area contributed by atoms with Gasteiger partial charge in [0.15, 0.2) is 5.78 Å². The summed E-state index contributed by atoms with van der Waals surface area (Å²) in [6.45, 7) is 0. The van der Waals surface area contributed by atoms with Crippen LogP contribution in [0.3, 0.4) is 0 Å². The Hall–Kier alpha value is -3.10. The van der Waals surface area contributed by atoms with Crippen LogP contribution in [-0.4, -0.2) is 46.0 Å². The Bertz CT molecular complexity index is 1090. The third-order valence-corrected chi connectivity index (χ3v) is 6.50. The zero-order chi connectivity index (χ0) is 24.8. The predicted octanol–water partition coefficient (Wildman–Crippen LogP) is 4.21. The van der Waals surface area contributed by atoms with Gasteiger partial charge in [-0.25, -0.2) is 4.79 Å². The number of carbonyl (C=O) groups is 4. The third kappa shape index (κ3) is 6.27. The van der Waals surface area contributed by atoms with Crippen LogP contribution in [0.5, 0.6) is 5.75 Å². The Morgan fingerprint density at radius 2 is 1.71 bits per heavy atom. The molecule has 0 heterocycles. The smallest absolute Gasteiger partial charge is 0.326 e. The molecule has 3 atom stereocenters. The van der Waals surface area contributed by atoms with Crippen molar-refractivity contribution in [2.24, 2.45) is 5.92 Å². The number of amides is 1. The van der Waals surface area contributed by atoms with Crippen LogP contribution in [0.25, 0.3) is 0 Å². The van der Waals surface area contributed by atoms with Gasteiger partial charge in [-0.15, -0.1) is 0 Å². The van der Waals surface area contributed by atoms with Crippen molar-refractivity contribution in [3.63, 3.8) is 0 Å². The Labute approximate surface area is 205 Å². The number of carboxylic acids is 2. The van der Waals surface area contributed by atoms with Crippen LogP contribution in [0.2, 0.25) is 10.0 Å². The first-order chi connectivity index (χ1) is 16.2. The molecule has 0 saturated heterocycles. The first-order valence-corrected chi connectivity index (χ1v) is 11.4. The molecule has 0 bridgehead atoms. The van der Waals surface area contributed by atoms with E-state index < -0.39 is 29.8 Å². The summed E-state index contributed by atoms with van der Waals surface area (Å²) in [5, 5.41) is 20.6. The second kappa shape index (κ2) is 11.4. The summed E-state index contributed by atoms with van der Waals surface area (Å²) >= 11 is 12.7. The molecule has 1 saturated carbocycles. The maximum absolute atomic E-state index is 12.7. The van der Waals surface area contributed by atoms with Crippen molar-refractivity contribution < 1.29 is 34.1 Å². The van der Waals surface area contributed by atoms with Gasteiger partial charge in [-0.2, -0.15) is 0 Å². The van der Waals surface area contributed by atoms with Crippen molar-refractivity contribution in [1.82, 2.24) is 5.32 Å². The van der Waals surface area contributed by atoms with Crippen molar-refractivity contribution in [3.05, 3.63) is 63.6 Å². The molecule has 8 nitrogen and oxygen atoms in total. The van der Waals surface area contributed by atoms with Crippen LogP contribution in [0, 0.1) is 5.92 Å². The van der Waals surface area contributed by atoms with Gasteiger partial charge >= 0.3 is 11.9 Å². The van der Waals surface area contributed by atoms with E-state index in [0.29, 0.717) is 24.8 Å². The van der Waals surface area contributed by atoms with Crippen LogP contribution in [0.1, 0.15) is 48.0 Å². The lowest BCUT2D eigenvalue weighted by molar-refractivity contribution is -0.143. The SMILES string of the molecule is O=C(O)CC[C@H](NC(=O)[C@@H]1CC[C@H](Oc2ccc(C(=O)c3ccccc3)c(Cl)c2Cl)C1)C(=O)O. The van der Waals surface area contributed by atoms with E-state index in [1.165, 1.54) is 6.07 Å². The van der Waals surface area contributed by atoms with Crippen LogP contribution in [0.15, 0.2) is 42.5 Å². The maximum atomic E-state index is 12.7. The Balaban J connectivity index is 1.62. The molecule has 180 valence electrons. The lowest BCUT2D eigenvalue weighted by atomic mass is 10.0. The van der Waals surface area contributed by atoms with E-state index in [2.05, 4.69) is 5.32 Å². The number of hydrogen-bond donors (Lipinski definition) is 3. The molecule has 34 heavy (non-hydrogen) atoms. The van der Waals surface area contributed by atoms with Gasteiger partial charge in [0.05, 0.1) is 11.1 Å². The highest BCUT2D eigenvalue weighted by atomic mass is 35.5. The molecule has 10 heteroatoms. The van der Waals surface area contributed by atoms with Crippen molar-refractivity contribution in [2.45, 2.75) is 44.2 Å². The molecule has 1 fully saturated rings. The van der Waals surface area contributed by atoms with Crippen molar-refractivity contribution in [3.8, 4) is 5.75 Å². The fourth-order valence-electron chi connectivity index (χ4n) is 3.82. The van der Waals surface area contributed by atoms with Crippen molar-refractivity contribution >= 4 is 46.8 Å². The monoisotopic (exact) mass is 507 g/mol. The lowest BCUT2D eigenvalue weighted by Crippen LogP contribution is -2.43. The zero-order valence-corrected chi connectivity index (χ0v) is 19.5. The number of carboxylic acid groups (broad SMARTS) is 2. The topological polar surface area (TPSA) is 130 Å². The van der Waals surface area contributed by atoms with E-state index in [-0.39, 0.29) is 46.1 Å². The fourth-order valence-corrected chi connectivity index (χ4v) is 4.27. The number of rotatable bonds is 10. The van der Waals surface area contributed by atoms with E-state index in [4.69, 9.17) is 33.0 Å². The summed E-state index contributed by atoms with van der Waals surface area (Å²) in [6, 6.07) is 10.5. The van der Waals surface area contributed by atoms with Crippen LogP contribution >= 0.6 is 23.2 Å². The van der Waals surface area contributed by atoms with Gasteiger partial charge in [0, 0.05) is 23.5 Å². The summed E-state index contributed by atoms with van der Waals surface area (Å²) in [4.78, 5) is 47.3. The molecule has 1 amide bonds. The quantitative estimate of drug-likeness (QED) is 0.410. The van der Waals surface area contributed by atoms with E-state index in [0.717, 1.165) is 0 Å². The van der Waals surface area contributed by atoms with Gasteiger partial charge in [-0.05, 0) is 37.8 Å². The van der Waals surface area contributed by atoms with Crippen LogP contribution in [-0.2, 0) is 14.4 Å². The van der Waals surface area contributed by atoms with Crippen LogP contribution < -0.4 is 10.1 Å². The Kier molecular flexibility index (Phi) is 8.52. The minimum atomic E-state index is -1.29. The van der Waals surface area contributed by atoms with E-state index in [1.54, 1.807) is 36.4 Å². The summed E-state index contributed by atoms with van der Waals surface area (Å²) < 4.78 is 5.94. The van der Waals surface area contributed by atoms with Crippen LogP contribution in [0.4, 0.5) is 0 Å². The Morgan fingerprint density at radius 3 is 2.35 bits per heavy atom. The molecular weight excluding hydrogens is 485 g/mol. The molecular formula is C24H23Cl2NO7. The normalized spacial score (nSPS) is 18.2. The Morgan fingerprint density at radius 1 is 1.00 bits per heavy atom. The first-order valence-electron chi connectivity index (χ1n) is 10.7. The first kappa shape index (κ1) is 25.5. The largest absolute Gasteiger partial charge is 0.489 e. The minimum absolute atomic E-state index is 0.0723. The number of aliphatic carboxylic acids is 2. The van der Waals surface area contributed by atoms with Gasteiger partial charge in [0.2, 0.25) is 5.91 Å². The summed E-state index contributed by atoms with van der Waals surface area (Å²) in [5.41, 5.74) is 0.719. The van der Waals surface area contributed by atoms with Gasteiger partial charge in [-0.3, -0.25) is 14.4 Å². The van der Waals surface area contributed by atoms with E-state index in [1.807, 2.05) is 0 Å². The predicted molar refractivity (Wildman–Crippen MR) is 125 cm³/mol. The number of hydrogen-bond acceptors (Lipinski definition) is 5. The van der Waals surface area contributed by atoms with Crippen molar-refractivity contribution in [1.29, 1.82) is 0 Å². The van der Waals surface area contributed by atoms with Crippen molar-refractivity contribution in [2.75, 3.05) is 0 Å².